The summed E-state index contributed by atoms with van der Waals surface area (Å²) in [5.41, 5.74) is -0.523. The number of esters is 1. The maximum Gasteiger partial charge on any atom is 0.344 e. The lowest BCUT2D eigenvalue weighted by Crippen LogP contribution is -2.27. The van der Waals surface area contributed by atoms with Gasteiger partial charge in [0.2, 0.25) is 0 Å². The first-order valence-corrected chi connectivity index (χ1v) is 13.3. The zero-order valence-electron chi connectivity index (χ0n) is 22.8. The molecule has 0 fully saturated rings. The van der Waals surface area contributed by atoms with Gasteiger partial charge in [-0.15, -0.1) is 6.58 Å². The van der Waals surface area contributed by atoms with Gasteiger partial charge in [-0.25, -0.2) is 4.79 Å². The van der Waals surface area contributed by atoms with Crippen LogP contribution < -0.4 is 9.47 Å². The second-order valence-electron chi connectivity index (χ2n) is 9.58. The molecule has 0 aliphatic rings. The standard InChI is InChI=1S/C29H48O7/c1-5-6-7-8-9-10-11-12-13-18-31-19-20-32-21-22-33-23-24-34-26-14-16-27(17-15-26)35-25-28(30)36-29(2,3)4/h5,14-17H,1,6-13,18-25H2,2-4H3. The molecule has 0 unspecified atom stereocenters. The maximum absolute atomic E-state index is 11.7. The lowest BCUT2D eigenvalue weighted by atomic mass is 10.1. The summed E-state index contributed by atoms with van der Waals surface area (Å²) in [4.78, 5) is 11.7. The average Bonchev–Trinajstić information content (AvgIpc) is 2.84. The molecule has 1 aromatic rings. The summed E-state index contributed by atoms with van der Waals surface area (Å²) in [6.07, 6.45) is 12.1. The molecule has 0 N–H and O–H groups in total. The molecule has 1 rings (SSSR count). The molecule has 7 heteroatoms. The molecule has 0 heterocycles. The van der Waals surface area contributed by atoms with E-state index in [9.17, 15) is 4.79 Å². The Morgan fingerprint density at radius 3 is 1.72 bits per heavy atom. The summed E-state index contributed by atoms with van der Waals surface area (Å²) in [6, 6.07) is 7.09. The minimum Gasteiger partial charge on any atom is -0.491 e. The Morgan fingerprint density at radius 1 is 0.694 bits per heavy atom. The van der Waals surface area contributed by atoms with E-state index >= 15 is 0 Å². The lowest BCUT2D eigenvalue weighted by Gasteiger charge is -2.19. The Morgan fingerprint density at radius 2 is 1.17 bits per heavy atom. The van der Waals surface area contributed by atoms with Gasteiger partial charge in [-0.1, -0.05) is 38.2 Å². The van der Waals surface area contributed by atoms with Crippen LogP contribution in [0.5, 0.6) is 11.5 Å². The molecule has 1 aromatic carbocycles. The van der Waals surface area contributed by atoms with Crippen LogP contribution in [-0.4, -0.2) is 64.4 Å². The van der Waals surface area contributed by atoms with E-state index in [0.29, 0.717) is 51.1 Å². The molecule has 0 aromatic heterocycles. The lowest BCUT2D eigenvalue weighted by molar-refractivity contribution is -0.157. The van der Waals surface area contributed by atoms with E-state index in [2.05, 4.69) is 6.58 Å². The quantitative estimate of drug-likeness (QED) is 0.0998. The first-order valence-electron chi connectivity index (χ1n) is 13.3. The fraction of sp³-hybridized carbons (Fsp3) is 0.690. The summed E-state index contributed by atoms with van der Waals surface area (Å²) in [7, 11) is 0. The van der Waals surface area contributed by atoms with Crippen LogP contribution in [0.3, 0.4) is 0 Å². The minimum absolute atomic E-state index is 0.128. The fourth-order valence-corrected chi connectivity index (χ4v) is 3.28. The number of rotatable bonds is 23. The largest absolute Gasteiger partial charge is 0.491 e. The zero-order chi connectivity index (χ0) is 26.3. The number of carbonyl (C=O) groups is 1. The van der Waals surface area contributed by atoms with Crippen LogP contribution in [-0.2, 0) is 23.7 Å². The molecule has 0 aliphatic heterocycles. The van der Waals surface area contributed by atoms with Gasteiger partial charge >= 0.3 is 5.97 Å². The number of hydrogen-bond acceptors (Lipinski definition) is 7. The Hall–Kier alpha value is -2.09. The molecule has 0 saturated heterocycles. The van der Waals surface area contributed by atoms with Crippen LogP contribution in [0, 0.1) is 0 Å². The number of hydrogen-bond donors (Lipinski definition) is 0. The first kappa shape index (κ1) is 31.9. The van der Waals surface area contributed by atoms with Crippen molar-refractivity contribution >= 4 is 5.97 Å². The third-order valence-corrected chi connectivity index (χ3v) is 5.04. The van der Waals surface area contributed by atoms with Crippen LogP contribution >= 0.6 is 0 Å². The highest BCUT2D eigenvalue weighted by atomic mass is 16.6. The Balaban J connectivity index is 1.87. The number of carbonyl (C=O) groups excluding carboxylic acids is 1. The Labute approximate surface area is 218 Å². The molecule has 0 amide bonds. The van der Waals surface area contributed by atoms with Crippen molar-refractivity contribution in [2.75, 3.05) is 52.9 Å². The van der Waals surface area contributed by atoms with Gasteiger partial charge < -0.3 is 28.4 Å². The predicted molar refractivity (Wildman–Crippen MR) is 143 cm³/mol. The van der Waals surface area contributed by atoms with Crippen molar-refractivity contribution in [3.8, 4) is 11.5 Å². The third-order valence-electron chi connectivity index (χ3n) is 5.04. The smallest absolute Gasteiger partial charge is 0.344 e. The van der Waals surface area contributed by atoms with Crippen LogP contribution in [0.4, 0.5) is 0 Å². The molecule has 0 spiro atoms. The normalized spacial score (nSPS) is 11.3. The van der Waals surface area contributed by atoms with Crippen molar-refractivity contribution in [3.63, 3.8) is 0 Å². The number of unbranched alkanes of at least 4 members (excludes halogenated alkanes) is 7. The monoisotopic (exact) mass is 508 g/mol. The molecule has 206 valence electrons. The van der Waals surface area contributed by atoms with E-state index in [1.54, 1.807) is 24.3 Å². The van der Waals surface area contributed by atoms with E-state index < -0.39 is 11.6 Å². The molecule has 0 atom stereocenters. The van der Waals surface area contributed by atoms with Crippen molar-refractivity contribution in [1.82, 2.24) is 0 Å². The minimum atomic E-state index is -0.523. The molecule has 0 bridgehead atoms. The van der Waals surface area contributed by atoms with E-state index in [1.807, 2.05) is 26.8 Å². The summed E-state index contributed by atoms with van der Waals surface area (Å²) in [5, 5.41) is 0. The van der Waals surface area contributed by atoms with Crippen molar-refractivity contribution in [2.24, 2.45) is 0 Å². The van der Waals surface area contributed by atoms with Crippen molar-refractivity contribution < 1.29 is 33.2 Å². The van der Waals surface area contributed by atoms with Gasteiger partial charge in [-0.2, -0.15) is 0 Å². The van der Waals surface area contributed by atoms with Crippen molar-refractivity contribution in [3.05, 3.63) is 36.9 Å². The molecular formula is C29H48O7. The summed E-state index contributed by atoms with van der Waals surface area (Å²) < 4.78 is 33.0. The molecule has 36 heavy (non-hydrogen) atoms. The van der Waals surface area contributed by atoms with Gasteiger partial charge in [0, 0.05) is 6.61 Å². The van der Waals surface area contributed by atoms with Gasteiger partial charge in [0.1, 0.15) is 23.7 Å². The molecular weight excluding hydrogens is 460 g/mol. The van der Waals surface area contributed by atoms with Gasteiger partial charge in [0.25, 0.3) is 0 Å². The van der Waals surface area contributed by atoms with E-state index in [0.717, 1.165) is 19.4 Å². The summed E-state index contributed by atoms with van der Waals surface area (Å²) in [6.45, 7) is 13.1. The highest BCUT2D eigenvalue weighted by Gasteiger charge is 2.16. The van der Waals surface area contributed by atoms with Gasteiger partial charge in [-0.05, 0) is 64.3 Å². The Bertz CT molecular complexity index is 667. The number of benzene rings is 1. The first-order chi connectivity index (χ1) is 17.4. The third kappa shape index (κ3) is 20.1. The Kier molecular flexibility index (Phi) is 18.7. The van der Waals surface area contributed by atoms with Gasteiger partial charge in [0.05, 0.1) is 33.0 Å². The van der Waals surface area contributed by atoms with E-state index in [-0.39, 0.29) is 6.61 Å². The summed E-state index contributed by atoms with van der Waals surface area (Å²) in [5.74, 6) is 0.889. The highest BCUT2D eigenvalue weighted by Crippen LogP contribution is 2.18. The molecule has 0 aliphatic carbocycles. The second kappa shape index (κ2) is 21.0. The van der Waals surface area contributed by atoms with E-state index in [1.165, 1.54) is 38.5 Å². The number of allylic oxidation sites excluding steroid dienone is 1. The van der Waals surface area contributed by atoms with Gasteiger partial charge in [0.15, 0.2) is 6.61 Å². The van der Waals surface area contributed by atoms with E-state index in [4.69, 9.17) is 28.4 Å². The maximum atomic E-state index is 11.7. The van der Waals surface area contributed by atoms with Crippen molar-refractivity contribution in [1.29, 1.82) is 0 Å². The van der Waals surface area contributed by atoms with Crippen LogP contribution in [0.25, 0.3) is 0 Å². The topological polar surface area (TPSA) is 72.5 Å². The average molecular weight is 509 g/mol. The van der Waals surface area contributed by atoms with Crippen LogP contribution in [0.2, 0.25) is 0 Å². The SMILES string of the molecule is C=CCCCCCCCCCOCCOCCOCCOc1ccc(OCC(=O)OC(C)(C)C)cc1. The highest BCUT2D eigenvalue weighted by molar-refractivity contribution is 5.71. The van der Waals surface area contributed by atoms with Crippen molar-refractivity contribution in [2.45, 2.75) is 77.7 Å². The number of ether oxygens (including phenoxy) is 6. The second-order valence-corrected chi connectivity index (χ2v) is 9.58. The summed E-state index contributed by atoms with van der Waals surface area (Å²) >= 11 is 0. The molecule has 0 radical (unpaired) electrons. The molecule has 0 saturated carbocycles. The van der Waals surface area contributed by atoms with Crippen LogP contribution in [0.1, 0.15) is 72.1 Å². The fourth-order valence-electron chi connectivity index (χ4n) is 3.28. The zero-order valence-corrected chi connectivity index (χ0v) is 22.8. The molecule has 7 nitrogen and oxygen atoms in total. The van der Waals surface area contributed by atoms with Gasteiger partial charge in [-0.3, -0.25) is 0 Å². The van der Waals surface area contributed by atoms with Crippen LogP contribution in [0.15, 0.2) is 36.9 Å². The predicted octanol–water partition coefficient (Wildman–Crippen LogP) is 6.14.